The van der Waals surface area contributed by atoms with Crippen molar-refractivity contribution in [1.82, 2.24) is 34.9 Å². The molecule has 2 amide bonds. The highest BCUT2D eigenvalue weighted by atomic mass is 19.4. The van der Waals surface area contributed by atoms with Crippen LogP contribution < -0.4 is 10.2 Å². The molecular formula is C22H23F3N8O2. The van der Waals surface area contributed by atoms with E-state index in [1.807, 2.05) is 25.2 Å². The number of pyridine rings is 1. The first-order chi connectivity index (χ1) is 16.6. The van der Waals surface area contributed by atoms with Gasteiger partial charge in [-0.3, -0.25) is 14.5 Å². The van der Waals surface area contributed by atoms with Gasteiger partial charge < -0.3 is 5.32 Å². The van der Waals surface area contributed by atoms with Gasteiger partial charge in [-0.2, -0.15) is 18.3 Å². The summed E-state index contributed by atoms with van der Waals surface area (Å²) in [6.45, 7) is 4.12. The van der Waals surface area contributed by atoms with E-state index >= 15 is 0 Å². The summed E-state index contributed by atoms with van der Waals surface area (Å²) < 4.78 is 39.3. The Bertz CT molecular complexity index is 1210. The van der Waals surface area contributed by atoms with Gasteiger partial charge in [0.1, 0.15) is 18.0 Å². The van der Waals surface area contributed by atoms with Crippen LogP contribution in [0.15, 0.2) is 42.9 Å². The molecule has 184 valence electrons. The smallest absolute Gasteiger partial charge is 0.344 e. The summed E-state index contributed by atoms with van der Waals surface area (Å²) in [5, 5.41) is 6.41. The number of carbonyl (C=O) groups is 2. The van der Waals surface area contributed by atoms with Crippen molar-refractivity contribution in [3.05, 3.63) is 54.2 Å². The number of halogens is 3. The second-order valence-corrected chi connectivity index (χ2v) is 8.18. The molecule has 10 nitrogen and oxygen atoms in total. The molecule has 0 bridgehead atoms. The van der Waals surface area contributed by atoms with E-state index in [1.54, 1.807) is 33.8 Å². The van der Waals surface area contributed by atoms with Crippen LogP contribution in [0.5, 0.6) is 0 Å². The van der Waals surface area contributed by atoms with E-state index in [2.05, 4.69) is 20.1 Å². The Morgan fingerprint density at radius 2 is 2.00 bits per heavy atom. The SMILES string of the molecule is Cc1cc(C)n(-c2cccc(N(C(=O)CN3CCC(NC(=O)C(F)(F)F)C3)c3ccncn3)n2)n1. The molecule has 1 fully saturated rings. The number of carbonyl (C=O) groups excluding carboxylic acids is 2. The van der Waals surface area contributed by atoms with Crippen molar-refractivity contribution < 1.29 is 22.8 Å². The lowest BCUT2D eigenvalue weighted by atomic mass is 10.2. The van der Waals surface area contributed by atoms with Crippen molar-refractivity contribution in [3.63, 3.8) is 0 Å². The predicted molar refractivity (Wildman–Crippen MR) is 119 cm³/mol. The van der Waals surface area contributed by atoms with Gasteiger partial charge >= 0.3 is 12.1 Å². The fourth-order valence-electron chi connectivity index (χ4n) is 3.93. The molecule has 1 aliphatic heterocycles. The number of alkyl halides is 3. The molecule has 4 rings (SSSR count). The zero-order chi connectivity index (χ0) is 25.2. The summed E-state index contributed by atoms with van der Waals surface area (Å²) in [5.74, 6) is -1.26. The number of amides is 2. The minimum atomic E-state index is -4.95. The van der Waals surface area contributed by atoms with Crippen LogP contribution in [0.2, 0.25) is 0 Å². The number of nitrogens with one attached hydrogen (secondary N) is 1. The number of nitrogens with zero attached hydrogens (tertiary/aromatic N) is 7. The monoisotopic (exact) mass is 488 g/mol. The van der Waals surface area contributed by atoms with E-state index in [-0.39, 0.29) is 19.0 Å². The van der Waals surface area contributed by atoms with E-state index in [1.165, 1.54) is 17.4 Å². The normalized spacial score (nSPS) is 16.3. The van der Waals surface area contributed by atoms with E-state index < -0.39 is 18.1 Å². The second kappa shape index (κ2) is 9.78. The number of anilines is 2. The third kappa shape index (κ3) is 5.62. The Kier molecular flexibility index (Phi) is 6.78. The lowest BCUT2D eigenvalue weighted by Gasteiger charge is -2.24. The third-order valence-electron chi connectivity index (χ3n) is 5.44. The van der Waals surface area contributed by atoms with Crippen LogP contribution in [-0.2, 0) is 9.59 Å². The van der Waals surface area contributed by atoms with Crippen LogP contribution in [-0.4, -0.2) is 73.3 Å². The van der Waals surface area contributed by atoms with Crippen LogP contribution in [0.1, 0.15) is 17.8 Å². The molecule has 0 spiro atoms. The van der Waals surface area contributed by atoms with Crippen molar-refractivity contribution >= 4 is 23.5 Å². The molecule has 3 aromatic heterocycles. The standard InChI is InChI=1S/C22H23F3N8O2/c1-14-10-15(2)33(30-14)19-5-3-4-18(29-19)32(17-6-8-26-13-27-17)20(34)12-31-9-7-16(11-31)28-21(35)22(23,24)25/h3-6,8,10,13,16H,7,9,11-12H2,1-2H3,(H,28,35). The fourth-order valence-corrected chi connectivity index (χ4v) is 3.93. The molecule has 0 radical (unpaired) electrons. The van der Waals surface area contributed by atoms with E-state index in [0.717, 1.165) is 11.4 Å². The Labute approximate surface area is 198 Å². The van der Waals surface area contributed by atoms with Crippen molar-refractivity contribution in [2.45, 2.75) is 32.5 Å². The van der Waals surface area contributed by atoms with Crippen molar-refractivity contribution in [2.75, 3.05) is 24.5 Å². The van der Waals surface area contributed by atoms with Gasteiger partial charge in [0.25, 0.3) is 0 Å². The number of hydrogen-bond acceptors (Lipinski definition) is 7. The van der Waals surface area contributed by atoms with E-state index in [9.17, 15) is 22.8 Å². The lowest BCUT2D eigenvalue weighted by molar-refractivity contribution is -0.174. The molecule has 35 heavy (non-hydrogen) atoms. The fraction of sp³-hybridized carbons (Fsp3) is 0.364. The highest BCUT2D eigenvalue weighted by Crippen LogP contribution is 2.24. The molecule has 3 aromatic rings. The van der Waals surface area contributed by atoms with Crippen LogP contribution >= 0.6 is 0 Å². The molecule has 4 heterocycles. The average molecular weight is 488 g/mol. The molecule has 0 aromatic carbocycles. The van der Waals surface area contributed by atoms with Crippen LogP contribution in [0.4, 0.5) is 24.8 Å². The number of aryl methyl sites for hydroxylation is 2. The molecule has 1 unspecified atom stereocenters. The number of rotatable bonds is 6. The van der Waals surface area contributed by atoms with Crippen LogP contribution in [0.3, 0.4) is 0 Å². The first-order valence-corrected chi connectivity index (χ1v) is 10.8. The topological polar surface area (TPSA) is 109 Å². The van der Waals surface area contributed by atoms with Gasteiger partial charge in [0.05, 0.1) is 12.2 Å². The third-order valence-corrected chi connectivity index (χ3v) is 5.44. The van der Waals surface area contributed by atoms with Crippen molar-refractivity contribution in [1.29, 1.82) is 0 Å². The summed E-state index contributed by atoms with van der Waals surface area (Å²) in [5.41, 5.74) is 1.69. The molecule has 0 saturated carbocycles. The Balaban J connectivity index is 1.55. The van der Waals surface area contributed by atoms with Crippen molar-refractivity contribution in [3.8, 4) is 5.82 Å². The average Bonchev–Trinajstić information content (AvgIpc) is 3.39. The summed E-state index contributed by atoms with van der Waals surface area (Å²) >= 11 is 0. The largest absolute Gasteiger partial charge is 0.471 e. The van der Waals surface area contributed by atoms with Gasteiger partial charge in [-0.25, -0.2) is 24.5 Å². The van der Waals surface area contributed by atoms with Crippen LogP contribution in [0.25, 0.3) is 5.82 Å². The second-order valence-electron chi connectivity index (χ2n) is 8.18. The predicted octanol–water partition coefficient (Wildman–Crippen LogP) is 2.09. The molecule has 0 aliphatic carbocycles. The number of likely N-dealkylation sites (tertiary alicyclic amines) is 1. The summed E-state index contributed by atoms with van der Waals surface area (Å²) in [6.07, 6.45) is -1.85. The van der Waals surface area contributed by atoms with Gasteiger partial charge in [-0.05, 0) is 44.5 Å². The first-order valence-electron chi connectivity index (χ1n) is 10.8. The Morgan fingerprint density at radius 3 is 2.66 bits per heavy atom. The highest BCUT2D eigenvalue weighted by molar-refractivity contribution is 6.00. The number of hydrogen-bond donors (Lipinski definition) is 1. The molecule has 1 N–H and O–H groups in total. The van der Waals surface area contributed by atoms with Crippen LogP contribution in [0, 0.1) is 13.8 Å². The Morgan fingerprint density at radius 1 is 1.20 bits per heavy atom. The molecule has 13 heteroatoms. The van der Waals surface area contributed by atoms with Gasteiger partial charge in [-0.1, -0.05) is 6.07 Å². The van der Waals surface area contributed by atoms with E-state index in [4.69, 9.17) is 0 Å². The van der Waals surface area contributed by atoms with Gasteiger partial charge in [-0.15, -0.1) is 0 Å². The Hall–Kier alpha value is -3.87. The quantitative estimate of drug-likeness (QED) is 0.566. The van der Waals surface area contributed by atoms with Gasteiger partial charge in [0.15, 0.2) is 5.82 Å². The lowest BCUT2D eigenvalue weighted by Crippen LogP contribution is -2.45. The zero-order valence-electron chi connectivity index (χ0n) is 19.0. The maximum Gasteiger partial charge on any atom is 0.471 e. The maximum atomic E-state index is 13.4. The van der Waals surface area contributed by atoms with Crippen molar-refractivity contribution in [2.24, 2.45) is 0 Å². The minimum absolute atomic E-state index is 0.103. The van der Waals surface area contributed by atoms with E-state index in [0.29, 0.717) is 30.4 Å². The first kappa shape index (κ1) is 24.3. The van der Waals surface area contributed by atoms with Gasteiger partial charge in [0.2, 0.25) is 5.91 Å². The highest BCUT2D eigenvalue weighted by Gasteiger charge is 2.41. The molecule has 1 aliphatic rings. The number of aromatic nitrogens is 5. The summed E-state index contributed by atoms with van der Waals surface area (Å²) in [6, 6.07) is 7.94. The summed E-state index contributed by atoms with van der Waals surface area (Å²) in [7, 11) is 0. The van der Waals surface area contributed by atoms with Gasteiger partial charge in [0, 0.05) is 31.0 Å². The minimum Gasteiger partial charge on any atom is -0.344 e. The zero-order valence-corrected chi connectivity index (χ0v) is 19.0. The molecular weight excluding hydrogens is 465 g/mol. The molecule has 1 saturated heterocycles. The maximum absolute atomic E-state index is 13.4. The summed E-state index contributed by atoms with van der Waals surface area (Å²) in [4.78, 5) is 40.4. The molecule has 1 atom stereocenters.